The molecule has 17 nitrogen and oxygen atoms in total. The van der Waals surface area contributed by atoms with Crippen molar-refractivity contribution in [3.8, 4) is 0 Å². The highest BCUT2D eigenvalue weighted by atomic mass is 31.2. The lowest BCUT2D eigenvalue weighted by Gasteiger charge is -2.21. The predicted octanol–water partition coefficient (Wildman–Crippen LogP) is 26.7. The Morgan fingerprint density at radius 1 is 0.262 bits per heavy atom. The third kappa shape index (κ3) is 79.1. The van der Waals surface area contributed by atoms with E-state index in [9.17, 15) is 43.2 Å². The van der Waals surface area contributed by atoms with Crippen molar-refractivity contribution in [2.75, 3.05) is 39.6 Å². The highest BCUT2D eigenvalue weighted by Gasteiger charge is 2.31. The van der Waals surface area contributed by atoms with Gasteiger partial charge in [0.25, 0.3) is 0 Å². The van der Waals surface area contributed by atoms with Crippen molar-refractivity contribution >= 4 is 39.5 Å². The van der Waals surface area contributed by atoms with Crippen LogP contribution in [0.2, 0.25) is 0 Å². The summed E-state index contributed by atoms with van der Waals surface area (Å²) in [5.74, 6) is 1.10. The number of aliphatic hydroxyl groups excluding tert-OH is 1. The predicted molar refractivity (Wildman–Crippen MR) is 441 cm³/mol. The first-order valence-electron chi connectivity index (χ1n) is 45.3. The lowest BCUT2D eigenvalue weighted by molar-refractivity contribution is -0.161. The van der Waals surface area contributed by atoms with E-state index in [-0.39, 0.29) is 25.7 Å². The average molecular weight is 1560 g/mol. The van der Waals surface area contributed by atoms with Crippen LogP contribution in [-0.4, -0.2) is 96.7 Å². The Balaban J connectivity index is 5.21. The van der Waals surface area contributed by atoms with Gasteiger partial charge in [0.1, 0.15) is 19.3 Å². The van der Waals surface area contributed by atoms with E-state index in [0.717, 1.165) is 114 Å². The molecule has 0 amide bonds. The van der Waals surface area contributed by atoms with Crippen molar-refractivity contribution in [2.24, 2.45) is 23.7 Å². The molecule has 19 heteroatoms. The van der Waals surface area contributed by atoms with Gasteiger partial charge in [-0.15, -0.1) is 0 Å². The Bertz CT molecular complexity index is 2080. The zero-order valence-electron chi connectivity index (χ0n) is 70.8. The van der Waals surface area contributed by atoms with E-state index in [0.29, 0.717) is 25.7 Å². The van der Waals surface area contributed by atoms with Crippen LogP contribution in [0.15, 0.2) is 0 Å². The Labute approximate surface area is 658 Å². The first kappa shape index (κ1) is 105. The van der Waals surface area contributed by atoms with E-state index in [1.165, 1.54) is 263 Å². The van der Waals surface area contributed by atoms with Gasteiger partial charge < -0.3 is 33.8 Å². The van der Waals surface area contributed by atoms with Crippen LogP contribution in [0.3, 0.4) is 0 Å². The number of aliphatic hydroxyl groups is 1. The maximum Gasteiger partial charge on any atom is 0.472 e. The summed E-state index contributed by atoms with van der Waals surface area (Å²) in [7, 11) is -9.93. The van der Waals surface area contributed by atoms with E-state index in [1.54, 1.807) is 0 Å². The zero-order chi connectivity index (χ0) is 78.8. The third-order valence-corrected chi connectivity index (χ3v) is 23.2. The molecule has 107 heavy (non-hydrogen) atoms. The Hall–Kier alpha value is -1.94. The largest absolute Gasteiger partial charge is 0.472 e. The van der Waals surface area contributed by atoms with Gasteiger partial charge in [-0.1, -0.05) is 409 Å². The Morgan fingerprint density at radius 3 is 0.664 bits per heavy atom. The summed E-state index contributed by atoms with van der Waals surface area (Å²) >= 11 is 0. The van der Waals surface area contributed by atoms with Crippen LogP contribution >= 0.6 is 15.6 Å². The molecule has 0 aliphatic carbocycles. The summed E-state index contributed by atoms with van der Waals surface area (Å²) in [5.41, 5.74) is 0. The summed E-state index contributed by atoms with van der Waals surface area (Å²) < 4.78 is 68.9. The quantitative estimate of drug-likeness (QED) is 0.0222. The van der Waals surface area contributed by atoms with Gasteiger partial charge >= 0.3 is 39.5 Å². The number of esters is 4. The fraction of sp³-hybridized carbons (Fsp3) is 0.955. The number of rotatable bonds is 85. The van der Waals surface area contributed by atoms with Gasteiger partial charge in [0.2, 0.25) is 0 Å². The van der Waals surface area contributed by atoms with Crippen molar-refractivity contribution in [1.82, 2.24) is 0 Å². The number of carbonyl (C=O) groups excluding carboxylic acids is 4. The average Bonchev–Trinajstić information content (AvgIpc) is 0.911. The molecule has 7 atom stereocenters. The normalized spacial score (nSPS) is 14.4. The SMILES string of the molecule is CCC(C)CCCCCCCCCCCCCCCCCCCCC(=O)OC[C@H](COP(=O)(O)OCC(O)COP(=O)(O)OC[C@@H](COC(=O)CCCCCCCCCCC(C)C)OC(=O)CCCCCCCCCCCC(C)C)OC(=O)CCCCCCCCCCCCCCCCCCCCC(C)CC. The molecule has 0 fully saturated rings. The van der Waals surface area contributed by atoms with E-state index < -0.39 is 97.5 Å². The third-order valence-electron chi connectivity index (χ3n) is 21.3. The monoisotopic (exact) mass is 1560 g/mol. The van der Waals surface area contributed by atoms with Gasteiger partial charge in [-0.05, 0) is 49.4 Å². The molecule has 0 aromatic rings. The van der Waals surface area contributed by atoms with Crippen LogP contribution in [-0.2, 0) is 65.4 Å². The first-order chi connectivity index (χ1) is 51.7. The molecule has 0 aliphatic heterocycles. The number of hydrogen-bond donors (Lipinski definition) is 3. The van der Waals surface area contributed by atoms with Crippen LogP contribution in [0.4, 0.5) is 0 Å². The molecular weight excluding hydrogens is 1390 g/mol. The standard InChI is InChI=1S/C88H172O17P2/c1-9-80(7)66-58-50-42-33-27-23-19-15-11-13-17-21-25-29-35-44-52-60-68-85(90)98-74-83(104-87(92)70-62-54-46-36-30-26-22-18-14-12-16-20-24-28-34-43-51-59-67-81(8)10-2)76-102-106(94,95)100-72-82(89)73-101-107(96,97)103-77-84(75-99-86(91)69-61-53-45-39-38-41-49-57-65-79(5)6)105-88(93)71-63-55-47-37-31-32-40-48-56-64-78(3)4/h78-84,89H,9-77H2,1-8H3,(H,94,95)(H,96,97)/t80?,81?,82?,83-,84-/m1/s1. The number of carbonyl (C=O) groups is 4. The van der Waals surface area contributed by atoms with Crippen molar-refractivity contribution < 1.29 is 80.2 Å². The zero-order valence-corrected chi connectivity index (χ0v) is 72.6. The van der Waals surface area contributed by atoms with Crippen LogP contribution in [0.1, 0.15) is 460 Å². The fourth-order valence-electron chi connectivity index (χ4n) is 13.6. The summed E-state index contributed by atoms with van der Waals surface area (Å²) in [6, 6.07) is 0. The van der Waals surface area contributed by atoms with E-state index in [1.807, 2.05) is 0 Å². The molecule has 0 bridgehead atoms. The second-order valence-electron chi connectivity index (χ2n) is 33.1. The second kappa shape index (κ2) is 76.7. The highest BCUT2D eigenvalue weighted by Crippen LogP contribution is 2.45. The number of hydrogen-bond acceptors (Lipinski definition) is 15. The lowest BCUT2D eigenvalue weighted by Crippen LogP contribution is -2.30. The Morgan fingerprint density at radius 2 is 0.449 bits per heavy atom. The molecule has 0 aliphatic rings. The van der Waals surface area contributed by atoms with Crippen molar-refractivity contribution in [3.05, 3.63) is 0 Å². The fourth-order valence-corrected chi connectivity index (χ4v) is 15.2. The molecule has 0 rings (SSSR count). The maximum absolute atomic E-state index is 13.2. The van der Waals surface area contributed by atoms with Gasteiger partial charge in [0, 0.05) is 25.7 Å². The summed E-state index contributed by atoms with van der Waals surface area (Å²) in [5, 5.41) is 10.7. The van der Waals surface area contributed by atoms with Gasteiger partial charge in [-0.25, -0.2) is 9.13 Å². The maximum atomic E-state index is 13.2. The molecule has 5 unspecified atom stereocenters. The lowest BCUT2D eigenvalue weighted by atomic mass is 9.99. The molecule has 3 N–H and O–H groups in total. The van der Waals surface area contributed by atoms with Crippen molar-refractivity contribution in [3.63, 3.8) is 0 Å². The molecule has 0 aromatic heterocycles. The van der Waals surface area contributed by atoms with Crippen LogP contribution in [0.25, 0.3) is 0 Å². The van der Waals surface area contributed by atoms with Gasteiger partial charge in [-0.2, -0.15) is 0 Å². The van der Waals surface area contributed by atoms with E-state index in [2.05, 4.69) is 55.4 Å². The molecule has 636 valence electrons. The minimum absolute atomic E-state index is 0.105. The van der Waals surface area contributed by atoms with E-state index >= 15 is 0 Å². The van der Waals surface area contributed by atoms with Crippen molar-refractivity contribution in [2.45, 2.75) is 478 Å². The molecule has 0 aromatic carbocycles. The molecule has 0 saturated heterocycles. The smallest absolute Gasteiger partial charge is 0.462 e. The highest BCUT2D eigenvalue weighted by molar-refractivity contribution is 7.47. The number of phosphoric ester groups is 2. The summed E-state index contributed by atoms with van der Waals surface area (Å²) in [6.07, 6.45) is 66.8. The van der Waals surface area contributed by atoms with E-state index in [4.69, 9.17) is 37.0 Å². The molecule has 0 heterocycles. The number of ether oxygens (including phenoxy) is 4. The van der Waals surface area contributed by atoms with Gasteiger partial charge in [-0.3, -0.25) is 37.3 Å². The number of phosphoric acid groups is 2. The first-order valence-corrected chi connectivity index (χ1v) is 48.3. The minimum atomic E-state index is -4.97. The molecule has 0 saturated carbocycles. The number of unbranched alkanes of at least 4 members (excludes halogenated alkanes) is 49. The topological polar surface area (TPSA) is 237 Å². The molecular formula is C88H172O17P2. The van der Waals surface area contributed by atoms with Crippen LogP contribution < -0.4 is 0 Å². The summed E-state index contributed by atoms with van der Waals surface area (Å²) in [6.45, 7) is 14.4. The Kier molecular flexibility index (Phi) is 75.3. The van der Waals surface area contributed by atoms with Gasteiger partial charge in [0.15, 0.2) is 12.2 Å². The van der Waals surface area contributed by atoms with Gasteiger partial charge in [0.05, 0.1) is 26.4 Å². The second-order valence-corrected chi connectivity index (χ2v) is 36.0. The van der Waals surface area contributed by atoms with Crippen molar-refractivity contribution in [1.29, 1.82) is 0 Å². The summed E-state index contributed by atoms with van der Waals surface area (Å²) in [4.78, 5) is 73.2. The van der Waals surface area contributed by atoms with Crippen LogP contribution in [0, 0.1) is 23.7 Å². The molecule has 0 spiro atoms. The molecule has 0 radical (unpaired) electrons. The minimum Gasteiger partial charge on any atom is -0.462 e. The van der Waals surface area contributed by atoms with Crippen LogP contribution in [0.5, 0.6) is 0 Å².